The minimum atomic E-state index is -0.928. The van der Waals surface area contributed by atoms with Crippen molar-refractivity contribution in [1.29, 1.82) is 0 Å². The van der Waals surface area contributed by atoms with Gasteiger partial charge in [-0.3, -0.25) is 4.79 Å². The Balaban J connectivity index is 1.68. The van der Waals surface area contributed by atoms with E-state index in [-0.39, 0.29) is 0 Å². The van der Waals surface area contributed by atoms with Crippen molar-refractivity contribution in [3.8, 4) is 0 Å². The molecule has 0 aliphatic carbocycles. The van der Waals surface area contributed by atoms with Crippen LogP contribution >= 0.6 is 11.6 Å². The van der Waals surface area contributed by atoms with Gasteiger partial charge in [-0.1, -0.05) is 18.5 Å². The average Bonchev–Trinajstić information content (AvgIpc) is 3.09. The van der Waals surface area contributed by atoms with Crippen molar-refractivity contribution < 1.29 is 14.3 Å². The standard InChI is InChI=1S/C17H15ClN4O3/c1-2-14(16(23)22-15-6-4-11(18)8-19-15)25-17(24)10-3-5-12-13(7-10)21-9-20-12/h3-9,14H,2H2,1H3,(H,20,21)(H,19,22,23). The van der Waals surface area contributed by atoms with Gasteiger partial charge in [0, 0.05) is 6.20 Å². The van der Waals surface area contributed by atoms with Gasteiger partial charge in [-0.25, -0.2) is 14.8 Å². The van der Waals surface area contributed by atoms with Crippen LogP contribution in [0.3, 0.4) is 0 Å². The van der Waals surface area contributed by atoms with Crippen LogP contribution in [0.4, 0.5) is 5.82 Å². The van der Waals surface area contributed by atoms with Crippen LogP contribution in [0.25, 0.3) is 11.0 Å². The molecule has 7 nitrogen and oxygen atoms in total. The Morgan fingerprint density at radius 3 is 2.84 bits per heavy atom. The minimum absolute atomic E-state index is 0.331. The highest BCUT2D eigenvalue weighted by molar-refractivity contribution is 6.30. The molecule has 0 aliphatic rings. The van der Waals surface area contributed by atoms with Crippen LogP contribution in [0.1, 0.15) is 23.7 Å². The van der Waals surface area contributed by atoms with Crippen molar-refractivity contribution >= 4 is 40.3 Å². The largest absolute Gasteiger partial charge is 0.449 e. The van der Waals surface area contributed by atoms with E-state index in [9.17, 15) is 9.59 Å². The molecule has 0 saturated carbocycles. The van der Waals surface area contributed by atoms with E-state index in [1.807, 2.05) is 0 Å². The monoisotopic (exact) mass is 358 g/mol. The molecular weight excluding hydrogens is 344 g/mol. The van der Waals surface area contributed by atoms with E-state index in [2.05, 4.69) is 20.3 Å². The maximum atomic E-state index is 12.3. The van der Waals surface area contributed by atoms with Crippen LogP contribution in [0.5, 0.6) is 0 Å². The second-order valence-electron chi connectivity index (χ2n) is 5.29. The molecule has 0 saturated heterocycles. The fourth-order valence-electron chi connectivity index (χ4n) is 2.24. The number of rotatable bonds is 5. The number of esters is 1. The summed E-state index contributed by atoms with van der Waals surface area (Å²) in [6.45, 7) is 1.75. The fourth-order valence-corrected chi connectivity index (χ4v) is 2.35. The number of imidazole rings is 1. The van der Waals surface area contributed by atoms with Crippen molar-refractivity contribution in [1.82, 2.24) is 15.0 Å². The highest BCUT2D eigenvalue weighted by Crippen LogP contribution is 2.15. The highest BCUT2D eigenvalue weighted by Gasteiger charge is 2.22. The Morgan fingerprint density at radius 1 is 1.28 bits per heavy atom. The maximum absolute atomic E-state index is 12.3. The van der Waals surface area contributed by atoms with E-state index in [1.165, 1.54) is 6.20 Å². The number of carbonyl (C=O) groups excluding carboxylic acids is 2. The number of aromatic nitrogens is 3. The number of hydrogen-bond donors (Lipinski definition) is 2. The molecule has 2 N–H and O–H groups in total. The van der Waals surface area contributed by atoms with E-state index in [1.54, 1.807) is 43.6 Å². The predicted octanol–water partition coefficient (Wildman–Crippen LogP) is 3.19. The molecule has 0 fully saturated rings. The summed E-state index contributed by atoms with van der Waals surface area (Å²) in [5.74, 6) is -0.696. The zero-order chi connectivity index (χ0) is 17.8. The van der Waals surface area contributed by atoms with Crippen molar-refractivity contribution in [2.75, 3.05) is 5.32 Å². The molecule has 128 valence electrons. The summed E-state index contributed by atoms with van der Waals surface area (Å²) in [6, 6.07) is 8.13. The number of pyridine rings is 1. The second-order valence-corrected chi connectivity index (χ2v) is 5.72. The summed E-state index contributed by atoms with van der Waals surface area (Å²) in [4.78, 5) is 35.6. The number of ether oxygens (including phenoxy) is 1. The molecule has 25 heavy (non-hydrogen) atoms. The Hall–Kier alpha value is -2.93. The van der Waals surface area contributed by atoms with Gasteiger partial charge in [0.05, 0.1) is 27.9 Å². The first-order valence-corrected chi connectivity index (χ1v) is 8.01. The lowest BCUT2D eigenvalue weighted by atomic mass is 10.2. The first-order chi connectivity index (χ1) is 12.1. The third kappa shape index (κ3) is 3.95. The maximum Gasteiger partial charge on any atom is 0.338 e. The summed E-state index contributed by atoms with van der Waals surface area (Å²) in [5, 5.41) is 3.06. The van der Waals surface area contributed by atoms with Crippen LogP contribution < -0.4 is 5.32 Å². The van der Waals surface area contributed by atoms with Gasteiger partial charge in [-0.05, 0) is 36.8 Å². The molecular formula is C17H15ClN4O3. The van der Waals surface area contributed by atoms with Gasteiger partial charge in [0.1, 0.15) is 5.82 Å². The molecule has 1 atom stereocenters. The van der Waals surface area contributed by atoms with Crippen LogP contribution in [-0.2, 0) is 9.53 Å². The number of hydrogen-bond acceptors (Lipinski definition) is 5. The van der Waals surface area contributed by atoms with E-state index < -0.39 is 18.0 Å². The van der Waals surface area contributed by atoms with Gasteiger partial charge in [0.25, 0.3) is 5.91 Å². The van der Waals surface area contributed by atoms with E-state index in [0.29, 0.717) is 22.8 Å². The van der Waals surface area contributed by atoms with Crippen LogP contribution in [0.2, 0.25) is 5.02 Å². The molecule has 0 radical (unpaired) electrons. The Kier molecular flexibility index (Phi) is 4.95. The summed E-state index contributed by atoms with van der Waals surface area (Å²) >= 11 is 5.76. The fraction of sp³-hybridized carbons (Fsp3) is 0.176. The quantitative estimate of drug-likeness (QED) is 0.683. The van der Waals surface area contributed by atoms with E-state index in [4.69, 9.17) is 16.3 Å². The number of aromatic amines is 1. The lowest BCUT2D eigenvalue weighted by Crippen LogP contribution is -2.32. The summed E-state index contributed by atoms with van der Waals surface area (Å²) in [5.41, 5.74) is 1.81. The van der Waals surface area contributed by atoms with Gasteiger partial charge >= 0.3 is 5.97 Å². The number of nitrogens with one attached hydrogen (secondary N) is 2. The van der Waals surface area contributed by atoms with E-state index >= 15 is 0 Å². The predicted molar refractivity (Wildman–Crippen MR) is 93.5 cm³/mol. The molecule has 1 unspecified atom stereocenters. The molecule has 1 amide bonds. The van der Waals surface area contributed by atoms with Gasteiger partial charge in [0.15, 0.2) is 6.10 Å². The lowest BCUT2D eigenvalue weighted by molar-refractivity contribution is -0.124. The summed E-state index contributed by atoms with van der Waals surface area (Å²) in [7, 11) is 0. The van der Waals surface area contributed by atoms with Crippen molar-refractivity contribution in [2.45, 2.75) is 19.4 Å². The lowest BCUT2D eigenvalue weighted by Gasteiger charge is -2.15. The van der Waals surface area contributed by atoms with Gasteiger partial charge in [-0.15, -0.1) is 0 Å². The van der Waals surface area contributed by atoms with Gasteiger partial charge in [0.2, 0.25) is 0 Å². The Bertz CT molecular complexity index is 908. The molecule has 0 bridgehead atoms. The third-order valence-electron chi connectivity index (χ3n) is 3.55. The zero-order valence-electron chi connectivity index (χ0n) is 13.3. The summed E-state index contributed by atoms with van der Waals surface area (Å²) < 4.78 is 5.33. The molecule has 3 aromatic rings. The topological polar surface area (TPSA) is 97.0 Å². The number of amides is 1. The van der Waals surface area contributed by atoms with Crippen molar-refractivity contribution in [3.05, 3.63) is 53.4 Å². The average molecular weight is 359 g/mol. The zero-order valence-corrected chi connectivity index (χ0v) is 14.1. The van der Waals surface area contributed by atoms with Gasteiger partial charge < -0.3 is 15.0 Å². The number of fused-ring (bicyclic) bond motifs is 1. The molecule has 3 rings (SSSR count). The number of nitrogens with zero attached hydrogens (tertiary/aromatic N) is 2. The normalized spacial score (nSPS) is 11.9. The molecule has 0 spiro atoms. The molecule has 2 heterocycles. The first-order valence-electron chi connectivity index (χ1n) is 7.63. The highest BCUT2D eigenvalue weighted by atomic mass is 35.5. The van der Waals surface area contributed by atoms with Crippen LogP contribution in [0.15, 0.2) is 42.9 Å². The third-order valence-corrected chi connectivity index (χ3v) is 3.77. The Labute approximate surface area is 148 Å². The number of H-pyrrole nitrogens is 1. The molecule has 2 aromatic heterocycles. The van der Waals surface area contributed by atoms with E-state index in [0.717, 1.165) is 11.0 Å². The second kappa shape index (κ2) is 7.31. The molecule has 0 aliphatic heterocycles. The van der Waals surface area contributed by atoms with Crippen molar-refractivity contribution in [2.24, 2.45) is 0 Å². The molecule has 8 heteroatoms. The Morgan fingerprint density at radius 2 is 2.12 bits per heavy atom. The number of carbonyl (C=O) groups is 2. The first kappa shape index (κ1) is 16.9. The number of anilines is 1. The number of benzene rings is 1. The smallest absolute Gasteiger partial charge is 0.338 e. The number of halogens is 1. The van der Waals surface area contributed by atoms with Crippen LogP contribution in [-0.4, -0.2) is 32.9 Å². The molecule has 1 aromatic carbocycles. The minimum Gasteiger partial charge on any atom is -0.449 e. The van der Waals surface area contributed by atoms with Gasteiger partial charge in [-0.2, -0.15) is 0 Å². The summed E-state index contributed by atoms with van der Waals surface area (Å²) in [6.07, 6.45) is 2.37. The van der Waals surface area contributed by atoms with Crippen LogP contribution in [0, 0.1) is 0 Å². The SMILES string of the molecule is CCC(OC(=O)c1ccc2nc[nH]c2c1)C(=O)Nc1ccc(Cl)cn1. The van der Waals surface area contributed by atoms with Crippen molar-refractivity contribution in [3.63, 3.8) is 0 Å².